The first-order valence-corrected chi connectivity index (χ1v) is 9.80. The molecular weight excluding hydrogens is 392 g/mol. The van der Waals surface area contributed by atoms with Crippen LogP contribution in [0.5, 0.6) is 0 Å². The number of halogens is 2. The van der Waals surface area contributed by atoms with Crippen LogP contribution in [0, 0.1) is 25.1 Å². The fourth-order valence-electron chi connectivity index (χ4n) is 3.52. The van der Waals surface area contributed by atoms with Crippen molar-refractivity contribution in [2.24, 2.45) is 0 Å². The third-order valence-corrected chi connectivity index (χ3v) is 5.26. The zero-order valence-corrected chi connectivity index (χ0v) is 16.6. The summed E-state index contributed by atoms with van der Waals surface area (Å²) in [6.07, 6.45) is 3.70. The molecule has 0 spiro atoms. The van der Waals surface area contributed by atoms with Crippen LogP contribution in [0.2, 0.25) is 0 Å². The average Bonchev–Trinajstić information content (AvgIpc) is 3.49. The fraction of sp³-hybridized carbons (Fsp3) is 0.318. The van der Waals surface area contributed by atoms with Crippen molar-refractivity contribution >= 4 is 17.9 Å². The summed E-state index contributed by atoms with van der Waals surface area (Å²) in [7, 11) is 0. The summed E-state index contributed by atoms with van der Waals surface area (Å²) in [6.45, 7) is 5.07. The van der Waals surface area contributed by atoms with Crippen LogP contribution in [0.15, 0.2) is 23.0 Å². The van der Waals surface area contributed by atoms with Crippen LogP contribution < -0.4 is 26.8 Å². The van der Waals surface area contributed by atoms with E-state index in [1.54, 1.807) is 26.5 Å². The maximum absolute atomic E-state index is 14.0. The molecule has 2 aliphatic rings. The first-order valence-electron chi connectivity index (χ1n) is 9.80. The van der Waals surface area contributed by atoms with E-state index in [-0.39, 0.29) is 23.6 Å². The van der Waals surface area contributed by atoms with Gasteiger partial charge in [0, 0.05) is 17.2 Å². The standard InChI is InChI=1S/C22H22F2N3O3/c1-11-16(10-19(28)26-12(2)15-6-3-13(23)9-17(15)24)21(29)27-18-7-8-25-22(20(11)18)30-14-4-5-14/h3,6-9,12,14,25H,4-5,10H2,1-2H3,(H,26,28)(H,27,29)/t12-/m0/s1. The van der Waals surface area contributed by atoms with Crippen molar-refractivity contribution in [3.05, 3.63) is 74.0 Å². The second-order valence-electron chi connectivity index (χ2n) is 7.60. The predicted molar refractivity (Wildman–Crippen MR) is 107 cm³/mol. The molecule has 1 saturated carbocycles. The maximum Gasteiger partial charge on any atom is 0.252 e. The van der Waals surface area contributed by atoms with E-state index in [1.807, 2.05) is 0 Å². The van der Waals surface area contributed by atoms with Gasteiger partial charge in [-0.15, -0.1) is 0 Å². The molecule has 0 unspecified atom stereocenters. The van der Waals surface area contributed by atoms with Crippen molar-refractivity contribution in [1.29, 1.82) is 0 Å². The molecule has 0 saturated heterocycles. The number of ether oxygens (including phenoxy) is 1. The molecule has 2 heterocycles. The van der Waals surface area contributed by atoms with Crippen LogP contribution in [-0.4, -0.2) is 17.0 Å². The molecule has 1 aromatic heterocycles. The van der Waals surface area contributed by atoms with Gasteiger partial charge in [-0.25, -0.2) is 8.78 Å². The zero-order chi connectivity index (χ0) is 21.4. The van der Waals surface area contributed by atoms with Crippen molar-refractivity contribution in [3.63, 3.8) is 0 Å². The molecule has 1 aromatic carbocycles. The van der Waals surface area contributed by atoms with Crippen molar-refractivity contribution in [2.45, 2.75) is 45.3 Å². The lowest BCUT2D eigenvalue weighted by Crippen LogP contribution is -2.46. The number of aromatic nitrogens is 1. The van der Waals surface area contributed by atoms with E-state index in [0.29, 0.717) is 22.4 Å². The zero-order valence-electron chi connectivity index (χ0n) is 16.6. The van der Waals surface area contributed by atoms with E-state index in [9.17, 15) is 18.4 Å². The lowest BCUT2D eigenvalue weighted by molar-refractivity contribution is -0.121. The summed E-state index contributed by atoms with van der Waals surface area (Å²) >= 11 is 0. The van der Waals surface area contributed by atoms with Gasteiger partial charge in [0.15, 0.2) is 5.88 Å². The van der Waals surface area contributed by atoms with Gasteiger partial charge < -0.3 is 20.4 Å². The number of rotatable bonds is 6. The molecule has 3 N–H and O–H groups in total. The van der Waals surface area contributed by atoms with Gasteiger partial charge in [-0.1, -0.05) is 6.07 Å². The highest BCUT2D eigenvalue weighted by atomic mass is 19.1. The Bertz CT molecular complexity index is 1190. The second-order valence-corrected chi connectivity index (χ2v) is 7.60. The van der Waals surface area contributed by atoms with Gasteiger partial charge in [-0.3, -0.25) is 9.59 Å². The Kier molecular flexibility index (Phi) is 5.32. The predicted octanol–water partition coefficient (Wildman–Crippen LogP) is 1.17. The van der Waals surface area contributed by atoms with Crippen molar-refractivity contribution < 1.29 is 18.3 Å². The Morgan fingerprint density at radius 3 is 2.80 bits per heavy atom. The van der Waals surface area contributed by atoms with E-state index in [1.165, 1.54) is 6.07 Å². The first kappa shape index (κ1) is 20.1. The molecule has 1 atom stereocenters. The number of benzene rings is 1. The van der Waals surface area contributed by atoms with Crippen molar-refractivity contribution in [2.75, 3.05) is 0 Å². The summed E-state index contributed by atoms with van der Waals surface area (Å²) in [5, 5.41) is 7.09. The molecule has 2 aromatic rings. The van der Waals surface area contributed by atoms with E-state index in [2.05, 4.69) is 15.6 Å². The molecule has 8 heteroatoms. The summed E-state index contributed by atoms with van der Waals surface area (Å²) in [5.74, 6) is -1.30. The van der Waals surface area contributed by atoms with Crippen molar-refractivity contribution in [1.82, 2.24) is 15.6 Å². The molecule has 157 valence electrons. The molecule has 6 nitrogen and oxygen atoms in total. The maximum atomic E-state index is 14.0. The number of hydrogen-bond donors (Lipinski definition) is 3. The Labute approximate surface area is 171 Å². The quantitative estimate of drug-likeness (QED) is 0.663. The van der Waals surface area contributed by atoms with Crippen LogP contribution in [0.25, 0.3) is 12.0 Å². The van der Waals surface area contributed by atoms with Crippen LogP contribution in [0.3, 0.4) is 0 Å². The van der Waals surface area contributed by atoms with Crippen LogP contribution in [-0.2, 0) is 16.0 Å². The minimum atomic E-state index is -0.736. The van der Waals surface area contributed by atoms with Crippen LogP contribution in [0.4, 0.5) is 8.78 Å². The third kappa shape index (κ3) is 4.08. The van der Waals surface area contributed by atoms with Gasteiger partial charge >= 0.3 is 0 Å². The van der Waals surface area contributed by atoms with Crippen molar-refractivity contribution in [3.8, 4) is 0 Å². The molecule has 0 bridgehead atoms. The van der Waals surface area contributed by atoms with Gasteiger partial charge in [0.05, 0.1) is 29.6 Å². The molecular formula is C22H22F2N3O3. The van der Waals surface area contributed by atoms with Gasteiger partial charge in [-0.2, -0.15) is 0 Å². The van der Waals surface area contributed by atoms with E-state index < -0.39 is 23.6 Å². The number of hydrogen-bond acceptors (Lipinski definition) is 4. The summed E-state index contributed by atoms with van der Waals surface area (Å²) in [4.78, 5) is 28.0. The Morgan fingerprint density at radius 2 is 2.10 bits per heavy atom. The Balaban J connectivity index is 1.60. The molecule has 1 amide bonds. The van der Waals surface area contributed by atoms with Gasteiger partial charge in [0.25, 0.3) is 5.56 Å². The fourth-order valence-corrected chi connectivity index (χ4v) is 3.52. The highest BCUT2D eigenvalue weighted by Gasteiger charge is 2.26. The number of amides is 1. The monoisotopic (exact) mass is 414 g/mol. The van der Waals surface area contributed by atoms with Gasteiger partial charge in [0.1, 0.15) is 17.7 Å². The smallest absolute Gasteiger partial charge is 0.252 e. The van der Waals surface area contributed by atoms with Crippen LogP contribution in [0.1, 0.15) is 42.5 Å². The van der Waals surface area contributed by atoms with E-state index in [4.69, 9.17) is 4.74 Å². The number of nitrogens with one attached hydrogen (secondary N) is 3. The number of H-pyrrole nitrogens is 1. The molecule has 1 fully saturated rings. The molecule has 30 heavy (non-hydrogen) atoms. The van der Waals surface area contributed by atoms with E-state index in [0.717, 1.165) is 30.2 Å². The molecule has 1 aliphatic carbocycles. The number of carbonyl (C=O) groups excluding carboxylic acids is 1. The number of aromatic amines is 1. The van der Waals surface area contributed by atoms with Gasteiger partial charge in [0.2, 0.25) is 5.91 Å². The Morgan fingerprint density at radius 1 is 1.33 bits per heavy atom. The minimum Gasteiger partial charge on any atom is -0.475 e. The average molecular weight is 414 g/mol. The first-order chi connectivity index (χ1) is 14.3. The molecule has 1 aliphatic heterocycles. The topological polar surface area (TPSA) is 83.2 Å². The molecule has 4 rings (SSSR count). The lowest BCUT2D eigenvalue weighted by atomic mass is 10.0. The summed E-state index contributed by atoms with van der Waals surface area (Å²) in [6, 6.07) is 2.52. The Hall–Kier alpha value is -3.16. The minimum absolute atomic E-state index is 0.163. The largest absolute Gasteiger partial charge is 0.475 e. The summed E-state index contributed by atoms with van der Waals surface area (Å²) in [5.41, 5.74) is 0.770. The highest BCUT2D eigenvalue weighted by molar-refractivity contribution is 5.79. The lowest BCUT2D eigenvalue weighted by Gasteiger charge is -2.18. The normalized spacial score (nSPS) is 16.2. The summed E-state index contributed by atoms with van der Waals surface area (Å²) < 4.78 is 33.0. The van der Waals surface area contributed by atoms with Gasteiger partial charge in [-0.05, 0) is 44.4 Å². The third-order valence-electron chi connectivity index (χ3n) is 5.26. The van der Waals surface area contributed by atoms with E-state index >= 15 is 0 Å². The number of carbonyl (C=O) groups is 1. The molecule has 1 radical (unpaired) electrons. The second kappa shape index (κ2) is 7.93. The SMILES string of the molecule is Cc1c(CC(=O)N[C@@H](C)c2ccc(F)cc2F)c(=O)[nH]c2c1=C(OC1CC1)N[CH]C=2. The number of pyridine rings is 1. The highest BCUT2D eigenvalue weighted by Crippen LogP contribution is 2.26. The van der Waals surface area contributed by atoms with Crippen LogP contribution >= 0.6 is 0 Å². The number of fused-ring (bicyclic) bond motifs is 1.